The van der Waals surface area contributed by atoms with Gasteiger partial charge < -0.3 is 5.32 Å². The third-order valence-electron chi connectivity index (χ3n) is 6.14. The fraction of sp³-hybridized carbons (Fsp3) is 0.280. The lowest BCUT2D eigenvalue weighted by Crippen LogP contribution is -2.60. The van der Waals surface area contributed by atoms with Crippen molar-refractivity contribution in [1.82, 2.24) is 10.2 Å². The maximum absolute atomic E-state index is 13.1. The van der Waals surface area contributed by atoms with E-state index in [0.29, 0.717) is 42.8 Å². The number of nitrogens with one attached hydrogen (secondary N) is 1. The minimum absolute atomic E-state index is 0.0727. The number of Topliss-reactive ketones (excluding diaryl/α,β-unsaturated/α-hetero) is 1. The van der Waals surface area contributed by atoms with Crippen molar-refractivity contribution >= 4 is 35.1 Å². The van der Waals surface area contributed by atoms with E-state index in [9.17, 15) is 19.2 Å². The molecule has 3 amide bonds. The van der Waals surface area contributed by atoms with Crippen LogP contribution in [0.15, 0.2) is 54.7 Å². The van der Waals surface area contributed by atoms with E-state index in [4.69, 9.17) is 11.6 Å². The van der Waals surface area contributed by atoms with E-state index in [1.807, 2.05) is 12.1 Å². The molecule has 0 saturated carbocycles. The predicted octanol–water partition coefficient (Wildman–Crippen LogP) is 3.86. The first-order chi connectivity index (χ1) is 15.2. The van der Waals surface area contributed by atoms with Crippen LogP contribution in [0.2, 0.25) is 5.02 Å². The molecule has 0 spiro atoms. The van der Waals surface area contributed by atoms with Crippen molar-refractivity contribution in [1.29, 1.82) is 0 Å². The average molecular weight is 451 g/mol. The summed E-state index contributed by atoms with van der Waals surface area (Å²) in [5.41, 5.74) is 1.56. The molecule has 2 aliphatic heterocycles. The first-order valence-electron chi connectivity index (χ1n) is 10.5. The first-order valence-corrected chi connectivity index (χ1v) is 10.8. The number of imide groups is 1. The summed E-state index contributed by atoms with van der Waals surface area (Å²) in [6, 6.07) is 12.2. The number of hydrogen-bond donors (Lipinski definition) is 1. The molecule has 32 heavy (non-hydrogen) atoms. The number of piperidine rings is 1. The topological polar surface area (TPSA) is 83.6 Å². The SMILES string of the molecule is C=C1CC[C@](C)(N2C(=O)c3ccc(CCC(=O)Cc4ccc(Cl)cc4)cc3C2=O)C(=O)N1. The predicted molar refractivity (Wildman–Crippen MR) is 120 cm³/mol. The third-order valence-corrected chi connectivity index (χ3v) is 6.40. The van der Waals surface area contributed by atoms with Crippen molar-refractivity contribution in [3.8, 4) is 0 Å². The van der Waals surface area contributed by atoms with Crippen LogP contribution in [0.5, 0.6) is 0 Å². The number of nitrogens with zero attached hydrogens (tertiary/aromatic N) is 1. The molecule has 0 unspecified atom stereocenters. The Morgan fingerprint density at radius 2 is 1.72 bits per heavy atom. The van der Waals surface area contributed by atoms with Crippen LogP contribution < -0.4 is 5.32 Å². The lowest BCUT2D eigenvalue weighted by molar-refractivity contribution is -0.131. The Balaban J connectivity index is 1.47. The molecule has 2 aromatic carbocycles. The van der Waals surface area contributed by atoms with Gasteiger partial charge in [0.15, 0.2) is 0 Å². The lowest BCUT2D eigenvalue weighted by atomic mass is 9.88. The number of rotatable bonds is 6. The highest BCUT2D eigenvalue weighted by Crippen LogP contribution is 2.35. The standard InChI is InChI=1S/C25H23ClN2O4/c1-15-11-12-25(2,24(32)27-15)28-22(30)20-10-6-17(14-21(20)23(28)31)5-9-19(29)13-16-3-7-18(26)8-4-16/h3-4,6-8,10,14H,1,5,9,11-13H2,2H3,(H,27,32)/t25-/m0/s1. The molecule has 4 rings (SSSR count). The molecule has 7 heteroatoms. The molecule has 1 atom stereocenters. The molecule has 1 N–H and O–H groups in total. The molecule has 1 fully saturated rings. The molecule has 0 aromatic heterocycles. The van der Waals surface area contributed by atoms with Crippen LogP contribution in [0.4, 0.5) is 0 Å². The molecule has 1 saturated heterocycles. The average Bonchev–Trinajstić information content (AvgIpc) is 3.01. The van der Waals surface area contributed by atoms with Crippen LogP contribution in [0.1, 0.15) is 58.0 Å². The summed E-state index contributed by atoms with van der Waals surface area (Å²) in [5, 5.41) is 3.28. The van der Waals surface area contributed by atoms with Gasteiger partial charge in [0.1, 0.15) is 11.3 Å². The van der Waals surface area contributed by atoms with Crippen LogP contribution in [0, 0.1) is 0 Å². The molecular weight excluding hydrogens is 428 g/mol. The summed E-state index contributed by atoms with van der Waals surface area (Å²) in [4.78, 5) is 52.1. The number of allylic oxidation sites excluding steroid dienone is 1. The van der Waals surface area contributed by atoms with Crippen molar-refractivity contribution in [2.45, 2.75) is 44.6 Å². The van der Waals surface area contributed by atoms with Crippen molar-refractivity contribution in [2.75, 3.05) is 0 Å². The van der Waals surface area contributed by atoms with E-state index in [0.717, 1.165) is 16.0 Å². The van der Waals surface area contributed by atoms with Crippen LogP contribution >= 0.6 is 11.6 Å². The van der Waals surface area contributed by atoms with Gasteiger partial charge in [-0.15, -0.1) is 0 Å². The van der Waals surface area contributed by atoms with E-state index in [-0.39, 0.29) is 16.9 Å². The van der Waals surface area contributed by atoms with Gasteiger partial charge in [-0.2, -0.15) is 0 Å². The fourth-order valence-corrected chi connectivity index (χ4v) is 4.30. The van der Waals surface area contributed by atoms with E-state index in [2.05, 4.69) is 11.9 Å². The second-order valence-electron chi connectivity index (χ2n) is 8.50. The highest BCUT2D eigenvalue weighted by atomic mass is 35.5. The Morgan fingerprint density at radius 3 is 2.41 bits per heavy atom. The molecule has 164 valence electrons. The molecule has 2 aliphatic rings. The maximum atomic E-state index is 13.1. The maximum Gasteiger partial charge on any atom is 0.262 e. The summed E-state index contributed by atoms with van der Waals surface area (Å²) >= 11 is 5.87. The van der Waals surface area contributed by atoms with Crippen molar-refractivity contribution in [3.05, 3.63) is 82.0 Å². The van der Waals surface area contributed by atoms with E-state index in [1.54, 1.807) is 37.3 Å². The van der Waals surface area contributed by atoms with Gasteiger partial charge in [0.05, 0.1) is 11.1 Å². The lowest BCUT2D eigenvalue weighted by Gasteiger charge is -2.39. The number of carbonyl (C=O) groups excluding carboxylic acids is 4. The van der Waals surface area contributed by atoms with Crippen LogP contribution in [-0.4, -0.2) is 33.9 Å². The highest BCUT2D eigenvalue weighted by Gasteiger charge is 2.51. The molecule has 0 bridgehead atoms. The number of carbonyl (C=O) groups is 4. The second kappa shape index (κ2) is 8.36. The molecule has 0 aliphatic carbocycles. The van der Waals surface area contributed by atoms with Crippen molar-refractivity contribution in [2.24, 2.45) is 0 Å². The number of fused-ring (bicyclic) bond motifs is 1. The van der Waals surface area contributed by atoms with Gasteiger partial charge in [0.2, 0.25) is 5.91 Å². The van der Waals surface area contributed by atoms with Gasteiger partial charge >= 0.3 is 0 Å². The Hall–Kier alpha value is -3.25. The Bertz CT molecular complexity index is 1160. The fourth-order valence-electron chi connectivity index (χ4n) is 4.17. The summed E-state index contributed by atoms with van der Waals surface area (Å²) in [7, 11) is 0. The number of benzene rings is 2. The second-order valence-corrected chi connectivity index (χ2v) is 8.94. The summed E-state index contributed by atoms with van der Waals surface area (Å²) in [6.07, 6.45) is 1.91. The number of ketones is 1. The minimum atomic E-state index is -1.26. The molecule has 0 radical (unpaired) electrons. The zero-order chi connectivity index (χ0) is 23.0. The van der Waals surface area contributed by atoms with Gasteiger partial charge in [-0.1, -0.05) is 36.4 Å². The van der Waals surface area contributed by atoms with Gasteiger partial charge in [0, 0.05) is 23.6 Å². The monoisotopic (exact) mass is 450 g/mol. The van der Waals surface area contributed by atoms with Crippen LogP contribution in [0.3, 0.4) is 0 Å². The van der Waals surface area contributed by atoms with Gasteiger partial charge in [-0.25, -0.2) is 0 Å². The van der Waals surface area contributed by atoms with E-state index in [1.165, 1.54) is 0 Å². The number of hydrogen-bond acceptors (Lipinski definition) is 4. The number of aryl methyl sites for hydroxylation is 1. The summed E-state index contributed by atoms with van der Waals surface area (Å²) in [5.74, 6) is -1.29. The first kappa shape index (κ1) is 22.0. The number of amides is 3. The van der Waals surface area contributed by atoms with Crippen molar-refractivity contribution in [3.63, 3.8) is 0 Å². The highest BCUT2D eigenvalue weighted by molar-refractivity contribution is 6.30. The number of halogens is 1. The van der Waals surface area contributed by atoms with E-state index >= 15 is 0 Å². The smallest absolute Gasteiger partial charge is 0.262 e. The summed E-state index contributed by atoms with van der Waals surface area (Å²) < 4.78 is 0. The van der Waals surface area contributed by atoms with E-state index < -0.39 is 23.3 Å². The Kier molecular flexibility index (Phi) is 5.73. The molecule has 6 nitrogen and oxygen atoms in total. The zero-order valence-corrected chi connectivity index (χ0v) is 18.5. The third kappa shape index (κ3) is 3.98. The Morgan fingerprint density at radius 1 is 1.06 bits per heavy atom. The Labute approximate surface area is 191 Å². The van der Waals surface area contributed by atoms with Crippen LogP contribution in [-0.2, 0) is 22.4 Å². The van der Waals surface area contributed by atoms with Gasteiger partial charge in [-0.3, -0.25) is 24.1 Å². The van der Waals surface area contributed by atoms with Gasteiger partial charge in [-0.05, 0) is 61.6 Å². The normalized spacial score (nSPS) is 20.4. The molecular formula is C25H23ClN2O4. The van der Waals surface area contributed by atoms with Gasteiger partial charge in [0.25, 0.3) is 11.8 Å². The summed E-state index contributed by atoms with van der Waals surface area (Å²) in [6.45, 7) is 5.36. The largest absolute Gasteiger partial charge is 0.328 e. The quantitative estimate of drug-likeness (QED) is 0.677. The molecule has 2 aromatic rings. The molecule has 2 heterocycles. The minimum Gasteiger partial charge on any atom is -0.328 e. The zero-order valence-electron chi connectivity index (χ0n) is 17.7. The van der Waals surface area contributed by atoms with Crippen molar-refractivity contribution < 1.29 is 19.2 Å². The van der Waals surface area contributed by atoms with Crippen LogP contribution in [0.25, 0.3) is 0 Å².